The van der Waals surface area contributed by atoms with Gasteiger partial charge in [-0.3, -0.25) is 0 Å². The standard InChI is InChI=1S/C13H22O3/c1-5-15-13(14)16-10-9-12(4)8-6-7-11(2)3/h7,9H,5-6,8,10H2,1-4H3. The molecule has 0 aliphatic heterocycles. The molecule has 0 unspecified atom stereocenters. The monoisotopic (exact) mass is 226 g/mol. The van der Waals surface area contributed by atoms with Crippen molar-refractivity contribution >= 4 is 6.16 Å². The number of rotatable bonds is 6. The van der Waals surface area contributed by atoms with Crippen molar-refractivity contribution in [3.05, 3.63) is 23.3 Å². The summed E-state index contributed by atoms with van der Waals surface area (Å²) in [5.41, 5.74) is 2.55. The Kier molecular flexibility index (Phi) is 8.31. The number of ether oxygens (including phenoxy) is 2. The van der Waals surface area contributed by atoms with Gasteiger partial charge >= 0.3 is 6.16 Å². The molecule has 0 atom stereocenters. The molecule has 0 bridgehead atoms. The van der Waals surface area contributed by atoms with Crippen LogP contribution in [0.1, 0.15) is 40.5 Å². The predicted molar refractivity (Wildman–Crippen MR) is 65.4 cm³/mol. The molecule has 16 heavy (non-hydrogen) atoms. The second-order valence-electron chi connectivity index (χ2n) is 3.86. The molecule has 0 fully saturated rings. The van der Waals surface area contributed by atoms with Crippen LogP contribution in [0.25, 0.3) is 0 Å². The van der Waals surface area contributed by atoms with Gasteiger partial charge in [-0.05, 0) is 46.6 Å². The van der Waals surface area contributed by atoms with E-state index in [4.69, 9.17) is 4.74 Å². The second kappa shape index (κ2) is 9.01. The lowest BCUT2D eigenvalue weighted by Crippen LogP contribution is -2.06. The molecule has 3 heteroatoms. The zero-order valence-corrected chi connectivity index (χ0v) is 10.7. The van der Waals surface area contributed by atoms with Crippen molar-refractivity contribution in [2.45, 2.75) is 40.5 Å². The molecule has 0 rings (SSSR count). The summed E-state index contributed by atoms with van der Waals surface area (Å²) in [5.74, 6) is 0. The van der Waals surface area contributed by atoms with Gasteiger partial charge in [-0.1, -0.05) is 17.2 Å². The van der Waals surface area contributed by atoms with Crippen molar-refractivity contribution in [3.63, 3.8) is 0 Å². The number of carbonyl (C=O) groups is 1. The summed E-state index contributed by atoms with van der Waals surface area (Å²) < 4.78 is 9.46. The van der Waals surface area contributed by atoms with Crippen LogP contribution in [0.4, 0.5) is 4.79 Å². The largest absolute Gasteiger partial charge is 0.508 e. The average Bonchev–Trinajstić information content (AvgIpc) is 2.17. The quantitative estimate of drug-likeness (QED) is 0.509. The fourth-order valence-electron chi connectivity index (χ4n) is 1.10. The summed E-state index contributed by atoms with van der Waals surface area (Å²) in [4.78, 5) is 10.8. The van der Waals surface area contributed by atoms with Gasteiger partial charge in [0.1, 0.15) is 6.61 Å². The lowest BCUT2D eigenvalue weighted by Gasteiger charge is -2.02. The van der Waals surface area contributed by atoms with Crippen LogP contribution in [0.3, 0.4) is 0 Å². The lowest BCUT2D eigenvalue weighted by atomic mass is 10.1. The Hall–Kier alpha value is -1.25. The van der Waals surface area contributed by atoms with E-state index in [1.165, 1.54) is 11.1 Å². The van der Waals surface area contributed by atoms with Crippen LogP contribution in [0.5, 0.6) is 0 Å². The highest BCUT2D eigenvalue weighted by Gasteiger charge is 1.99. The average molecular weight is 226 g/mol. The highest BCUT2D eigenvalue weighted by Crippen LogP contribution is 2.06. The van der Waals surface area contributed by atoms with Gasteiger partial charge in [0.15, 0.2) is 0 Å². The van der Waals surface area contributed by atoms with E-state index in [0.717, 1.165) is 12.8 Å². The zero-order chi connectivity index (χ0) is 12.4. The van der Waals surface area contributed by atoms with Crippen LogP contribution in [0.15, 0.2) is 23.3 Å². The van der Waals surface area contributed by atoms with Crippen LogP contribution in [-0.4, -0.2) is 19.4 Å². The second-order valence-corrected chi connectivity index (χ2v) is 3.86. The Labute approximate surface area is 98.1 Å². The smallest absolute Gasteiger partial charge is 0.435 e. The fourth-order valence-corrected chi connectivity index (χ4v) is 1.10. The van der Waals surface area contributed by atoms with E-state index in [0.29, 0.717) is 13.2 Å². The van der Waals surface area contributed by atoms with Crippen LogP contribution >= 0.6 is 0 Å². The molecule has 0 spiro atoms. The molecule has 0 N–H and O–H groups in total. The normalized spacial score (nSPS) is 10.9. The third kappa shape index (κ3) is 9.31. The maximum atomic E-state index is 10.8. The van der Waals surface area contributed by atoms with Crippen molar-refractivity contribution in [2.75, 3.05) is 13.2 Å². The van der Waals surface area contributed by atoms with Gasteiger partial charge in [0, 0.05) is 0 Å². The topological polar surface area (TPSA) is 35.5 Å². The predicted octanol–water partition coefficient (Wildman–Crippen LogP) is 3.85. The third-order valence-corrected chi connectivity index (χ3v) is 1.99. The van der Waals surface area contributed by atoms with E-state index in [9.17, 15) is 4.79 Å². The Balaban J connectivity index is 3.70. The first-order valence-electron chi connectivity index (χ1n) is 5.64. The van der Waals surface area contributed by atoms with Gasteiger partial charge in [0.05, 0.1) is 6.61 Å². The van der Waals surface area contributed by atoms with Gasteiger partial charge in [-0.15, -0.1) is 0 Å². The molecule has 0 saturated heterocycles. The molecular formula is C13H22O3. The lowest BCUT2D eigenvalue weighted by molar-refractivity contribution is 0.0672. The van der Waals surface area contributed by atoms with E-state index in [-0.39, 0.29) is 0 Å². The third-order valence-electron chi connectivity index (χ3n) is 1.99. The molecule has 0 aromatic rings. The molecule has 0 amide bonds. The van der Waals surface area contributed by atoms with Crippen molar-refractivity contribution in [2.24, 2.45) is 0 Å². The number of hydrogen-bond acceptors (Lipinski definition) is 3. The van der Waals surface area contributed by atoms with Crippen molar-refractivity contribution in [3.8, 4) is 0 Å². The van der Waals surface area contributed by atoms with Crippen LogP contribution < -0.4 is 0 Å². The first kappa shape index (κ1) is 14.8. The van der Waals surface area contributed by atoms with E-state index in [1.54, 1.807) is 6.92 Å². The minimum Gasteiger partial charge on any atom is -0.435 e. The molecule has 3 nitrogen and oxygen atoms in total. The Bertz CT molecular complexity index is 260. The highest BCUT2D eigenvalue weighted by atomic mass is 16.7. The molecular weight excluding hydrogens is 204 g/mol. The van der Waals surface area contributed by atoms with Crippen LogP contribution in [0.2, 0.25) is 0 Å². The maximum absolute atomic E-state index is 10.8. The Morgan fingerprint density at radius 3 is 2.38 bits per heavy atom. The van der Waals surface area contributed by atoms with E-state index in [2.05, 4.69) is 24.7 Å². The first-order chi connectivity index (χ1) is 7.56. The molecule has 0 radical (unpaired) electrons. The van der Waals surface area contributed by atoms with Crippen molar-refractivity contribution in [1.29, 1.82) is 0 Å². The summed E-state index contributed by atoms with van der Waals surface area (Å²) in [6, 6.07) is 0. The summed E-state index contributed by atoms with van der Waals surface area (Å²) in [6.07, 6.45) is 5.54. The van der Waals surface area contributed by atoms with E-state index >= 15 is 0 Å². The Morgan fingerprint density at radius 1 is 1.12 bits per heavy atom. The molecule has 92 valence electrons. The SMILES string of the molecule is CCOC(=O)OCC=C(C)CCC=C(C)C. The van der Waals surface area contributed by atoms with Gasteiger partial charge < -0.3 is 9.47 Å². The molecule has 0 aliphatic rings. The van der Waals surface area contributed by atoms with Gasteiger partial charge in [-0.25, -0.2) is 4.79 Å². The summed E-state index contributed by atoms with van der Waals surface area (Å²) >= 11 is 0. The highest BCUT2D eigenvalue weighted by molar-refractivity contribution is 5.59. The fraction of sp³-hybridized carbons (Fsp3) is 0.615. The molecule has 0 aromatic carbocycles. The molecule has 0 heterocycles. The maximum Gasteiger partial charge on any atom is 0.508 e. The zero-order valence-electron chi connectivity index (χ0n) is 10.7. The molecule has 0 saturated carbocycles. The van der Waals surface area contributed by atoms with Crippen LogP contribution in [0, 0.1) is 0 Å². The number of carbonyl (C=O) groups excluding carboxylic acids is 1. The van der Waals surface area contributed by atoms with E-state index < -0.39 is 6.16 Å². The summed E-state index contributed by atoms with van der Waals surface area (Å²) in [7, 11) is 0. The number of allylic oxidation sites excluding steroid dienone is 3. The summed E-state index contributed by atoms with van der Waals surface area (Å²) in [6.45, 7) is 8.60. The minimum absolute atomic E-state index is 0.291. The minimum atomic E-state index is -0.601. The number of hydrogen-bond donors (Lipinski definition) is 0. The summed E-state index contributed by atoms with van der Waals surface area (Å²) in [5, 5.41) is 0. The van der Waals surface area contributed by atoms with E-state index in [1.807, 2.05) is 13.0 Å². The van der Waals surface area contributed by atoms with Gasteiger partial charge in [-0.2, -0.15) is 0 Å². The Morgan fingerprint density at radius 2 is 1.81 bits per heavy atom. The van der Waals surface area contributed by atoms with Gasteiger partial charge in [0.25, 0.3) is 0 Å². The molecule has 0 aromatic heterocycles. The molecule has 0 aliphatic carbocycles. The van der Waals surface area contributed by atoms with Crippen LogP contribution in [-0.2, 0) is 9.47 Å². The van der Waals surface area contributed by atoms with Crippen molar-refractivity contribution in [1.82, 2.24) is 0 Å². The first-order valence-corrected chi connectivity index (χ1v) is 5.64. The van der Waals surface area contributed by atoms with Crippen molar-refractivity contribution < 1.29 is 14.3 Å². The van der Waals surface area contributed by atoms with Gasteiger partial charge in [0.2, 0.25) is 0 Å².